The summed E-state index contributed by atoms with van der Waals surface area (Å²) in [5.41, 5.74) is 0. The third-order valence-electron chi connectivity index (χ3n) is 0.224. The summed E-state index contributed by atoms with van der Waals surface area (Å²) in [6, 6.07) is 0. The molecule has 0 saturated heterocycles. The quantitative estimate of drug-likeness (QED) is 0.525. The summed E-state index contributed by atoms with van der Waals surface area (Å²) >= 11 is 5.80. The first-order valence-corrected chi connectivity index (χ1v) is 3.07. The Balaban J connectivity index is 3.22. The molecule has 0 aromatic rings. The van der Waals surface area contributed by atoms with Gasteiger partial charge in [-0.15, -0.1) is 0 Å². The zero-order valence-corrected chi connectivity index (χ0v) is 6.03. The monoisotopic (exact) mass is 213 g/mol. The maximum Gasteiger partial charge on any atom is 0.297 e. The first kappa shape index (κ1) is 6.37. The third kappa shape index (κ3) is 2.60. The van der Waals surface area contributed by atoms with E-state index in [2.05, 4.69) is 31.9 Å². The summed E-state index contributed by atoms with van der Waals surface area (Å²) in [5, 5.41) is 9.78. The van der Waals surface area contributed by atoms with E-state index in [1.165, 1.54) is 10.3 Å². The van der Waals surface area contributed by atoms with Gasteiger partial charge in [0.25, 0.3) is 5.76 Å². The van der Waals surface area contributed by atoms with Crippen molar-refractivity contribution in [1.82, 2.24) is 0 Å². The number of halogens is 2. The summed E-state index contributed by atoms with van der Waals surface area (Å²) in [5.74, 6) is 0.176. The summed E-state index contributed by atoms with van der Waals surface area (Å²) in [6.45, 7) is 0. The normalized spacial score (nSPS) is 11.3. The number of aliphatic hydroxyl groups excluding tert-OH is 1. The lowest BCUT2D eigenvalue weighted by Crippen LogP contribution is -1.66. The molecule has 0 aliphatic carbocycles. The van der Waals surface area contributed by atoms with Gasteiger partial charge in [0.05, 0.1) is 31.9 Å². The predicted molar refractivity (Wildman–Crippen MR) is 32.9 cm³/mol. The van der Waals surface area contributed by atoms with Gasteiger partial charge in [0.2, 0.25) is 0 Å². The largest absolute Gasteiger partial charge is 0.476 e. The van der Waals surface area contributed by atoms with Crippen LogP contribution >= 0.6 is 31.9 Å². The molecule has 0 aliphatic heterocycles. The smallest absolute Gasteiger partial charge is 0.297 e. The molecule has 0 fully saturated rings. The van der Waals surface area contributed by atoms with Crippen molar-refractivity contribution in [2.45, 2.75) is 0 Å². The van der Waals surface area contributed by atoms with E-state index in [1.807, 2.05) is 0 Å². The lowest BCUT2D eigenvalue weighted by atomic mass is 10.7. The molecule has 0 unspecified atom stereocenters. The molecule has 0 rings (SSSR count). The van der Waals surface area contributed by atoms with Crippen LogP contribution in [0.3, 0.4) is 0 Å². The van der Waals surface area contributed by atoms with E-state index < -0.39 is 0 Å². The van der Waals surface area contributed by atoms with Crippen LogP contribution in [0, 0.1) is 5.33 Å². The van der Waals surface area contributed by atoms with Crippen molar-refractivity contribution < 1.29 is 5.11 Å². The van der Waals surface area contributed by atoms with E-state index in [9.17, 15) is 0 Å². The van der Waals surface area contributed by atoms with Crippen LogP contribution in [0.1, 0.15) is 0 Å². The maximum atomic E-state index is 8.38. The molecule has 3 heteroatoms. The fraction of sp³-hybridized carbons (Fsp3) is 0. The molecule has 0 heterocycles. The van der Waals surface area contributed by atoms with Crippen LogP contribution in [0.2, 0.25) is 0 Å². The lowest BCUT2D eigenvalue weighted by molar-refractivity contribution is 0.431. The summed E-state index contributed by atoms with van der Waals surface area (Å²) in [6.07, 6.45) is 0. The van der Waals surface area contributed by atoms with Gasteiger partial charge in [-0.25, -0.2) is 0 Å². The number of allylic oxidation sites excluding steroid dienone is 1. The van der Waals surface area contributed by atoms with Gasteiger partial charge in [0.15, 0.2) is 10.3 Å². The molecular formula is C3H3Br2O+. The fourth-order valence-electron chi connectivity index (χ4n) is 0.0238. The van der Waals surface area contributed by atoms with Crippen molar-refractivity contribution in [3.63, 3.8) is 0 Å². The van der Waals surface area contributed by atoms with Gasteiger partial charge >= 0.3 is 0 Å². The Morgan fingerprint density at radius 1 is 1.83 bits per heavy atom. The standard InChI is InChI=1S/C3H2Br2O/c4-1-3(6)2-5/h1-2H/p+1/b3-1-. The van der Waals surface area contributed by atoms with Crippen LogP contribution in [-0.2, 0) is 0 Å². The van der Waals surface area contributed by atoms with Crippen molar-refractivity contribution >= 4 is 31.9 Å². The average Bonchev–Trinajstić information content (AvgIpc) is 1.65. The third-order valence-corrected chi connectivity index (χ3v) is 1.16. The van der Waals surface area contributed by atoms with Crippen molar-refractivity contribution in [2.75, 3.05) is 0 Å². The van der Waals surface area contributed by atoms with Crippen molar-refractivity contribution in [3.05, 3.63) is 16.1 Å². The van der Waals surface area contributed by atoms with Crippen LogP contribution in [0.4, 0.5) is 0 Å². The van der Waals surface area contributed by atoms with E-state index in [1.54, 1.807) is 0 Å². The van der Waals surface area contributed by atoms with E-state index in [4.69, 9.17) is 5.11 Å². The van der Waals surface area contributed by atoms with Crippen LogP contribution in [0.5, 0.6) is 0 Å². The molecule has 0 bridgehead atoms. The average molecular weight is 215 g/mol. The summed E-state index contributed by atoms with van der Waals surface area (Å²) in [7, 11) is 0. The predicted octanol–water partition coefficient (Wildman–Crippen LogP) is 2.34. The lowest BCUT2D eigenvalue weighted by Gasteiger charge is -1.69. The first-order chi connectivity index (χ1) is 2.81. The highest BCUT2D eigenvalue weighted by atomic mass is 79.9. The topological polar surface area (TPSA) is 20.2 Å². The number of hydrogen-bond donors (Lipinski definition) is 1. The molecular weight excluding hydrogens is 212 g/mol. The number of aliphatic hydroxyl groups is 1. The minimum absolute atomic E-state index is 0.176. The Labute approximate surface area is 53.3 Å². The molecule has 0 aromatic heterocycles. The minimum atomic E-state index is 0.176. The Bertz CT molecular complexity index is 59.8. The molecule has 1 nitrogen and oxygen atoms in total. The number of rotatable bonds is 1. The highest BCUT2D eigenvalue weighted by Crippen LogP contribution is 2.02. The Kier molecular flexibility index (Phi) is 3.78. The zero-order chi connectivity index (χ0) is 4.99. The van der Waals surface area contributed by atoms with Crippen molar-refractivity contribution in [3.8, 4) is 0 Å². The molecule has 0 atom stereocenters. The van der Waals surface area contributed by atoms with Gasteiger partial charge in [-0.05, 0) is 0 Å². The van der Waals surface area contributed by atoms with E-state index in [0.717, 1.165) is 0 Å². The maximum absolute atomic E-state index is 8.38. The van der Waals surface area contributed by atoms with Crippen molar-refractivity contribution in [1.29, 1.82) is 0 Å². The molecule has 0 aromatic carbocycles. The molecule has 1 N–H and O–H groups in total. The SMILES string of the molecule is O/C(=C\Br)[CH+]Br. The molecule has 34 valence electrons. The highest BCUT2D eigenvalue weighted by molar-refractivity contribution is 9.11. The second-order valence-electron chi connectivity index (χ2n) is 0.643. The van der Waals surface area contributed by atoms with E-state index >= 15 is 0 Å². The van der Waals surface area contributed by atoms with Gasteiger partial charge in [0, 0.05) is 0 Å². The Hall–Kier alpha value is 0.370. The minimum Gasteiger partial charge on any atom is -0.476 e. The van der Waals surface area contributed by atoms with E-state index in [-0.39, 0.29) is 5.76 Å². The van der Waals surface area contributed by atoms with Crippen molar-refractivity contribution in [2.24, 2.45) is 0 Å². The molecule has 0 radical (unpaired) electrons. The second-order valence-corrected chi connectivity index (χ2v) is 1.56. The molecule has 0 amide bonds. The Morgan fingerprint density at radius 3 is 2.33 bits per heavy atom. The van der Waals surface area contributed by atoms with Crippen LogP contribution in [-0.4, -0.2) is 5.11 Å². The summed E-state index contributed by atoms with van der Waals surface area (Å²) in [4.78, 5) is 1.40. The zero-order valence-electron chi connectivity index (χ0n) is 2.86. The molecule has 0 aliphatic rings. The van der Waals surface area contributed by atoms with Crippen LogP contribution in [0.25, 0.3) is 0 Å². The van der Waals surface area contributed by atoms with Crippen LogP contribution in [0.15, 0.2) is 10.7 Å². The van der Waals surface area contributed by atoms with E-state index in [0.29, 0.717) is 0 Å². The highest BCUT2D eigenvalue weighted by Gasteiger charge is 1.93. The second kappa shape index (κ2) is 3.56. The fourth-order valence-corrected chi connectivity index (χ4v) is 0.643. The first-order valence-electron chi connectivity index (χ1n) is 1.24. The van der Waals surface area contributed by atoms with Gasteiger partial charge in [-0.3, -0.25) is 0 Å². The molecule has 0 spiro atoms. The van der Waals surface area contributed by atoms with Gasteiger partial charge in [0.1, 0.15) is 0 Å². The van der Waals surface area contributed by atoms with Gasteiger partial charge in [-0.1, -0.05) is 0 Å². The van der Waals surface area contributed by atoms with Crippen LogP contribution < -0.4 is 0 Å². The Morgan fingerprint density at radius 2 is 2.33 bits per heavy atom. The van der Waals surface area contributed by atoms with Gasteiger partial charge < -0.3 is 5.11 Å². The molecule has 6 heavy (non-hydrogen) atoms. The summed E-state index contributed by atoms with van der Waals surface area (Å²) < 4.78 is 0. The van der Waals surface area contributed by atoms with Gasteiger partial charge in [-0.2, -0.15) is 0 Å². The number of hydrogen-bond acceptors (Lipinski definition) is 1. The molecule has 0 saturated carbocycles.